The maximum absolute atomic E-state index is 12.3. The van der Waals surface area contributed by atoms with Crippen molar-refractivity contribution in [3.8, 4) is 0 Å². The summed E-state index contributed by atoms with van der Waals surface area (Å²) in [6.45, 7) is 3.43. The monoisotopic (exact) mass is 332 g/mol. The number of nitrogens with zero attached hydrogens (tertiary/aromatic N) is 1. The first-order valence-corrected chi connectivity index (χ1v) is 9.02. The molecule has 0 fully saturated rings. The summed E-state index contributed by atoms with van der Waals surface area (Å²) < 4.78 is 25.3. The molecule has 0 saturated heterocycles. The van der Waals surface area contributed by atoms with Gasteiger partial charge in [0.1, 0.15) is 6.54 Å². The SMILES string of the molecule is Cc1ccccc1NC(=O)CN(c1ccccc1C)S(C)(=O)=O. The Morgan fingerprint density at radius 1 is 1.00 bits per heavy atom. The first-order valence-electron chi connectivity index (χ1n) is 7.18. The Morgan fingerprint density at radius 3 is 2.13 bits per heavy atom. The molecule has 0 radical (unpaired) electrons. The van der Waals surface area contributed by atoms with Crippen LogP contribution in [0.2, 0.25) is 0 Å². The Bertz CT molecular complexity index is 816. The van der Waals surface area contributed by atoms with E-state index in [9.17, 15) is 13.2 Å². The Morgan fingerprint density at radius 2 is 1.57 bits per heavy atom. The summed E-state index contributed by atoms with van der Waals surface area (Å²) in [5.74, 6) is -0.382. The van der Waals surface area contributed by atoms with E-state index in [1.165, 1.54) is 0 Å². The van der Waals surface area contributed by atoms with Crippen molar-refractivity contribution in [3.63, 3.8) is 0 Å². The maximum Gasteiger partial charge on any atom is 0.245 e. The van der Waals surface area contributed by atoms with Gasteiger partial charge in [0, 0.05) is 5.69 Å². The highest BCUT2D eigenvalue weighted by atomic mass is 32.2. The van der Waals surface area contributed by atoms with Crippen molar-refractivity contribution in [1.82, 2.24) is 0 Å². The number of para-hydroxylation sites is 2. The number of carbonyl (C=O) groups is 1. The Balaban J connectivity index is 2.24. The van der Waals surface area contributed by atoms with Crippen molar-refractivity contribution >= 4 is 27.3 Å². The molecular formula is C17H20N2O3S. The Labute approximate surface area is 137 Å². The van der Waals surface area contributed by atoms with E-state index in [4.69, 9.17) is 0 Å². The Kier molecular flexibility index (Phi) is 5.05. The van der Waals surface area contributed by atoms with Crippen molar-refractivity contribution in [3.05, 3.63) is 59.7 Å². The lowest BCUT2D eigenvalue weighted by molar-refractivity contribution is -0.114. The second-order valence-corrected chi connectivity index (χ2v) is 7.33. The summed E-state index contributed by atoms with van der Waals surface area (Å²) in [6, 6.07) is 14.4. The number of amides is 1. The fourth-order valence-corrected chi connectivity index (χ4v) is 3.17. The smallest absolute Gasteiger partial charge is 0.245 e. The van der Waals surface area contributed by atoms with Crippen LogP contribution in [0.3, 0.4) is 0 Å². The predicted molar refractivity (Wildman–Crippen MR) is 93.2 cm³/mol. The average molecular weight is 332 g/mol. The molecule has 0 heterocycles. The van der Waals surface area contributed by atoms with Crippen LogP contribution in [-0.2, 0) is 14.8 Å². The fraction of sp³-hybridized carbons (Fsp3) is 0.235. The third-order valence-electron chi connectivity index (χ3n) is 3.49. The summed E-state index contributed by atoms with van der Waals surface area (Å²) in [5.41, 5.74) is 2.90. The van der Waals surface area contributed by atoms with Crippen LogP contribution in [0, 0.1) is 13.8 Å². The minimum Gasteiger partial charge on any atom is -0.324 e. The maximum atomic E-state index is 12.3. The number of hydrogen-bond acceptors (Lipinski definition) is 3. The molecule has 1 N–H and O–H groups in total. The number of anilines is 2. The molecule has 1 amide bonds. The summed E-state index contributed by atoms with van der Waals surface area (Å²) >= 11 is 0. The zero-order chi connectivity index (χ0) is 17.0. The molecule has 2 aromatic rings. The van der Waals surface area contributed by atoms with Gasteiger partial charge in [-0.2, -0.15) is 0 Å². The van der Waals surface area contributed by atoms with E-state index in [-0.39, 0.29) is 12.5 Å². The molecule has 0 bridgehead atoms. The summed E-state index contributed by atoms with van der Waals surface area (Å²) in [6.07, 6.45) is 1.10. The minimum absolute atomic E-state index is 0.266. The van der Waals surface area contributed by atoms with E-state index < -0.39 is 10.0 Å². The van der Waals surface area contributed by atoms with Crippen molar-refractivity contribution < 1.29 is 13.2 Å². The van der Waals surface area contributed by atoms with Crippen LogP contribution in [0.1, 0.15) is 11.1 Å². The molecular weight excluding hydrogens is 312 g/mol. The van der Waals surface area contributed by atoms with E-state index in [1.54, 1.807) is 18.2 Å². The average Bonchev–Trinajstić information content (AvgIpc) is 2.47. The van der Waals surface area contributed by atoms with Crippen LogP contribution in [0.4, 0.5) is 11.4 Å². The standard InChI is InChI=1S/C17H20N2O3S/c1-13-8-4-6-10-15(13)18-17(20)12-19(23(3,21)22)16-11-7-5-9-14(16)2/h4-11H,12H2,1-3H3,(H,18,20). The van der Waals surface area contributed by atoms with E-state index in [1.807, 2.05) is 44.2 Å². The van der Waals surface area contributed by atoms with Gasteiger partial charge in [0.25, 0.3) is 0 Å². The third-order valence-corrected chi connectivity index (χ3v) is 4.62. The quantitative estimate of drug-likeness (QED) is 0.915. The van der Waals surface area contributed by atoms with E-state index in [0.717, 1.165) is 21.7 Å². The van der Waals surface area contributed by atoms with Gasteiger partial charge in [0.2, 0.25) is 15.9 Å². The molecule has 0 spiro atoms. The van der Waals surface area contributed by atoms with E-state index in [0.29, 0.717) is 11.4 Å². The minimum atomic E-state index is -3.57. The summed E-state index contributed by atoms with van der Waals surface area (Å²) in [7, 11) is -3.57. The second kappa shape index (κ2) is 6.83. The third kappa shape index (κ3) is 4.32. The molecule has 23 heavy (non-hydrogen) atoms. The highest BCUT2D eigenvalue weighted by molar-refractivity contribution is 7.92. The number of rotatable bonds is 5. The van der Waals surface area contributed by atoms with Gasteiger partial charge in [-0.3, -0.25) is 9.10 Å². The number of nitrogens with one attached hydrogen (secondary N) is 1. The lowest BCUT2D eigenvalue weighted by Crippen LogP contribution is -2.37. The van der Waals surface area contributed by atoms with Gasteiger partial charge in [-0.05, 0) is 37.1 Å². The number of hydrogen-bond donors (Lipinski definition) is 1. The highest BCUT2D eigenvalue weighted by Gasteiger charge is 2.22. The van der Waals surface area contributed by atoms with Gasteiger partial charge in [-0.1, -0.05) is 36.4 Å². The first kappa shape index (κ1) is 17.0. The lowest BCUT2D eigenvalue weighted by Gasteiger charge is -2.23. The fourth-order valence-electron chi connectivity index (χ4n) is 2.26. The van der Waals surface area contributed by atoms with Crippen molar-refractivity contribution in [1.29, 1.82) is 0 Å². The zero-order valence-corrected chi connectivity index (χ0v) is 14.2. The molecule has 0 atom stereocenters. The molecule has 0 saturated carbocycles. The van der Waals surface area contributed by atoms with Crippen LogP contribution < -0.4 is 9.62 Å². The van der Waals surface area contributed by atoms with Crippen molar-refractivity contribution in [2.45, 2.75) is 13.8 Å². The summed E-state index contributed by atoms with van der Waals surface area (Å²) in [4.78, 5) is 12.3. The number of carbonyl (C=O) groups excluding carboxylic acids is 1. The summed E-state index contributed by atoms with van der Waals surface area (Å²) in [5, 5.41) is 2.76. The lowest BCUT2D eigenvalue weighted by atomic mass is 10.2. The van der Waals surface area contributed by atoms with Gasteiger partial charge in [0.15, 0.2) is 0 Å². The van der Waals surface area contributed by atoms with Gasteiger partial charge in [0.05, 0.1) is 11.9 Å². The molecule has 0 aliphatic carbocycles. The highest BCUT2D eigenvalue weighted by Crippen LogP contribution is 2.22. The normalized spacial score (nSPS) is 11.1. The second-order valence-electron chi connectivity index (χ2n) is 5.42. The van der Waals surface area contributed by atoms with Crippen LogP contribution in [0.5, 0.6) is 0 Å². The van der Waals surface area contributed by atoms with Crippen molar-refractivity contribution in [2.24, 2.45) is 0 Å². The zero-order valence-electron chi connectivity index (χ0n) is 13.4. The van der Waals surface area contributed by atoms with Gasteiger partial charge in [-0.25, -0.2) is 8.42 Å². The first-order chi connectivity index (χ1) is 10.8. The molecule has 122 valence electrons. The Hall–Kier alpha value is -2.34. The number of aryl methyl sites for hydroxylation is 2. The van der Waals surface area contributed by atoms with Gasteiger partial charge in [-0.15, -0.1) is 0 Å². The van der Waals surface area contributed by atoms with Crippen LogP contribution >= 0.6 is 0 Å². The van der Waals surface area contributed by atoms with Gasteiger partial charge < -0.3 is 5.32 Å². The molecule has 0 aromatic heterocycles. The molecule has 0 unspecified atom stereocenters. The van der Waals surface area contributed by atoms with Crippen LogP contribution in [-0.4, -0.2) is 27.1 Å². The van der Waals surface area contributed by atoms with Crippen LogP contribution in [0.25, 0.3) is 0 Å². The molecule has 5 nitrogen and oxygen atoms in total. The molecule has 2 aromatic carbocycles. The molecule has 6 heteroatoms. The van der Waals surface area contributed by atoms with Crippen LogP contribution in [0.15, 0.2) is 48.5 Å². The largest absolute Gasteiger partial charge is 0.324 e. The van der Waals surface area contributed by atoms with E-state index >= 15 is 0 Å². The number of sulfonamides is 1. The predicted octanol–water partition coefficient (Wildman–Crippen LogP) is 2.71. The molecule has 0 aliphatic rings. The molecule has 2 rings (SSSR count). The van der Waals surface area contributed by atoms with Gasteiger partial charge >= 0.3 is 0 Å². The number of benzene rings is 2. The topological polar surface area (TPSA) is 66.5 Å². The van der Waals surface area contributed by atoms with Crippen molar-refractivity contribution in [2.75, 3.05) is 22.4 Å². The molecule has 0 aliphatic heterocycles. The van der Waals surface area contributed by atoms with E-state index in [2.05, 4.69) is 5.32 Å².